The van der Waals surface area contributed by atoms with Crippen LogP contribution in [0.25, 0.3) is 10.8 Å². The Morgan fingerprint density at radius 3 is 2.50 bits per heavy atom. The van der Waals surface area contributed by atoms with Gasteiger partial charge in [-0.25, -0.2) is 0 Å². The van der Waals surface area contributed by atoms with Gasteiger partial charge in [-0.15, -0.1) is 11.8 Å². The summed E-state index contributed by atoms with van der Waals surface area (Å²) in [5.41, 5.74) is 2.54. The van der Waals surface area contributed by atoms with E-state index >= 15 is 0 Å². The van der Waals surface area contributed by atoms with Crippen LogP contribution in [0.15, 0.2) is 66.7 Å². The van der Waals surface area contributed by atoms with E-state index in [1.165, 1.54) is 11.8 Å². The Labute approximate surface area is 190 Å². The fourth-order valence-electron chi connectivity index (χ4n) is 4.95. The molecule has 0 N–H and O–H groups in total. The van der Waals surface area contributed by atoms with Crippen molar-refractivity contribution in [1.29, 1.82) is 0 Å². The first-order valence-corrected chi connectivity index (χ1v) is 11.8. The zero-order valence-corrected chi connectivity index (χ0v) is 18.4. The van der Waals surface area contributed by atoms with Gasteiger partial charge in [0.1, 0.15) is 0 Å². The van der Waals surface area contributed by atoms with Crippen LogP contribution >= 0.6 is 11.8 Å². The molecular formula is C25H23N3O3S. The largest absolute Gasteiger partial charge is 0.379 e. The second-order valence-electron chi connectivity index (χ2n) is 8.32. The fourth-order valence-corrected chi connectivity index (χ4v) is 6.31. The fraction of sp³-hybridized carbons (Fsp3) is 0.280. The van der Waals surface area contributed by atoms with Gasteiger partial charge in [-0.3, -0.25) is 24.3 Å². The van der Waals surface area contributed by atoms with E-state index in [-0.39, 0.29) is 17.6 Å². The highest BCUT2D eigenvalue weighted by Crippen LogP contribution is 2.55. The van der Waals surface area contributed by atoms with E-state index in [4.69, 9.17) is 4.74 Å². The van der Waals surface area contributed by atoms with Gasteiger partial charge in [0.25, 0.3) is 5.91 Å². The average Bonchev–Trinajstić information content (AvgIpc) is 3.30. The molecule has 3 aromatic carbocycles. The number of ether oxygens (including phenoxy) is 1. The summed E-state index contributed by atoms with van der Waals surface area (Å²) in [4.78, 5) is 32.1. The van der Waals surface area contributed by atoms with Crippen molar-refractivity contribution in [2.45, 2.75) is 4.87 Å². The van der Waals surface area contributed by atoms with Crippen LogP contribution in [0.3, 0.4) is 0 Å². The summed E-state index contributed by atoms with van der Waals surface area (Å²) in [6.45, 7) is 3.43. The second kappa shape index (κ2) is 7.62. The molecular weight excluding hydrogens is 422 g/mol. The minimum Gasteiger partial charge on any atom is -0.379 e. The van der Waals surface area contributed by atoms with Crippen LogP contribution in [0.1, 0.15) is 5.56 Å². The number of hydrogen-bond acceptors (Lipinski definition) is 5. The number of hydrogen-bond donors (Lipinski definition) is 0. The summed E-state index contributed by atoms with van der Waals surface area (Å²) < 4.78 is 5.48. The van der Waals surface area contributed by atoms with Crippen molar-refractivity contribution in [3.8, 4) is 0 Å². The lowest BCUT2D eigenvalue weighted by molar-refractivity contribution is -0.124. The number of carbonyl (C=O) groups excluding carboxylic acids is 2. The summed E-state index contributed by atoms with van der Waals surface area (Å²) in [7, 11) is 0. The lowest BCUT2D eigenvalue weighted by Crippen LogP contribution is -2.52. The Balaban J connectivity index is 1.46. The molecule has 0 aliphatic carbocycles. The molecule has 3 aliphatic rings. The summed E-state index contributed by atoms with van der Waals surface area (Å²) >= 11 is 1.43. The second-order valence-corrected chi connectivity index (χ2v) is 9.48. The average molecular weight is 446 g/mol. The molecule has 0 bridgehead atoms. The Hall–Kier alpha value is -2.87. The molecule has 32 heavy (non-hydrogen) atoms. The molecule has 2 saturated heterocycles. The van der Waals surface area contributed by atoms with Gasteiger partial charge in [-0.1, -0.05) is 48.5 Å². The lowest BCUT2D eigenvalue weighted by Gasteiger charge is -2.35. The number of nitrogens with zero attached hydrogens (tertiary/aromatic N) is 3. The first-order chi connectivity index (χ1) is 15.7. The first-order valence-electron chi connectivity index (χ1n) is 10.9. The van der Waals surface area contributed by atoms with Gasteiger partial charge < -0.3 is 4.74 Å². The number of morpholine rings is 1. The van der Waals surface area contributed by atoms with Crippen LogP contribution in [0.2, 0.25) is 0 Å². The predicted octanol–water partition coefficient (Wildman–Crippen LogP) is 3.41. The highest BCUT2D eigenvalue weighted by atomic mass is 32.2. The van der Waals surface area contributed by atoms with E-state index in [0.717, 1.165) is 40.8 Å². The summed E-state index contributed by atoms with van der Waals surface area (Å²) in [6, 6.07) is 22.0. The number of rotatable bonds is 3. The quantitative estimate of drug-likeness (QED) is 0.619. The van der Waals surface area contributed by atoms with E-state index < -0.39 is 4.87 Å². The Morgan fingerprint density at radius 2 is 1.66 bits per heavy atom. The Bertz CT molecular complexity index is 1230. The number of carbonyl (C=O) groups is 2. The number of para-hydroxylation sites is 1. The summed E-state index contributed by atoms with van der Waals surface area (Å²) in [5, 5.41) is 2.16. The van der Waals surface area contributed by atoms with Crippen molar-refractivity contribution in [2.24, 2.45) is 0 Å². The van der Waals surface area contributed by atoms with Gasteiger partial charge in [0.15, 0.2) is 0 Å². The third-order valence-electron chi connectivity index (χ3n) is 6.50. The monoisotopic (exact) mass is 445 g/mol. The summed E-state index contributed by atoms with van der Waals surface area (Å²) in [6.07, 6.45) is 0. The molecule has 0 radical (unpaired) electrons. The third kappa shape index (κ3) is 2.88. The number of anilines is 2. The topological polar surface area (TPSA) is 53.1 Å². The van der Waals surface area contributed by atoms with Crippen molar-refractivity contribution < 1.29 is 14.3 Å². The normalized spacial score (nSPS) is 23.5. The van der Waals surface area contributed by atoms with Crippen molar-refractivity contribution in [1.82, 2.24) is 4.90 Å². The molecule has 1 spiro atoms. The number of fused-ring (bicyclic) bond motifs is 3. The van der Waals surface area contributed by atoms with Crippen molar-refractivity contribution in [2.75, 3.05) is 48.5 Å². The molecule has 3 aliphatic heterocycles. The van der Waals surface area contributed by atoms with Gasteiger partial charge in [0.05, 0.1) is 31.3 Å². The number of amides is 2. The van der Waals surface area contributed by atoms with Crippen LogP contribution in [0, 0.1) is 0 Å². The van der Waals surface area contributed by atoms with Gasteiger partial charge in [0.2, 0.25) is 10.8 Å². The Morgan fingerprint density at radius 1 is 0.906 bits per heavy atom. The van der Waals surface area contributed by atoms with E-state index in [9.17, 15) is 9.59 Å². The zero-order valence-electron chi connectivity index (χ0n) is 17.6. The highest BCUT2D eigenvalue weighted by Gasteiger charge is 2.61. The number of thioether (sulfide) groups is 1. The number of benzene rings is 3. The molecule has 1 unspecified atom stereocenters. The van der Waals surface area contributed by atoms with Crippen molar-refractivity contribution >= 4 is 45.7 Å². The SMILES string of the molecule is O=C1CSC2(C(=O)N(CN3CCOCC3)c3ccccc32)N1c1ccc2ccccc2c1. The summed E-state index contributed by atoms with van der Waals surface area (Å²) in [5.74, 6) is 0.189. The maximum absolute atomic E-state index is 14.1. The standard InChI is InChI=1S/C25H23N3O3S/c29-23-16-32-25(28(23)20-10-9-18-5-1-2-6-19(18)15-20)21-7-3-4-8-22(21)27(24(25)30)17-26-11-13-31-14-12-26/h1-10,15H,11-14,16-17H2. The molecule has 2 fully saturated rings. The third-order valence-corrected chi connectivity index (χ3v) is 7.89. The van der Waals surface area contributed by atoms with E-state index in [0.29, 0.717) is 19.9 Å². The maximum atomic E-state index is 14.1. The van der Waals surface area contributed by atoms with Gasteiger partial charge in [0, 0.05) is 24.3 Å². The van der Waals surface area contributed by atoms with Crippen LogP contribution in [0.4, 0.5) is 11.4 Å². The molecule has 6 nitrogen and oxygen atoms in total. The first kappa shape index (κ1) is 19.8. The molecule has 0 saturated carbocycles. The predicted molar refractivity (Wildman–Crippen MR) is 127 cm³/mol. The minimum atomic E-state index is -1.07. The molecule has 3 heterocycles. The molecule has 0 aromatic heterocycles. The molecule has 7 heteroatoms. The zero-order chi connectivity index (χ0) is 21.7. The van der Waals surface area contributed by atoms with Gasteiger partial charge >= 0.3 is 0 Å². The van der Waals surface area contributed by atoms with Crippen LogP contribution < -0.4 is 9.80 Å². The minimum absolute atomic E-state index is 0.0401. The molecule has 1 atom stereocenters. The van der Waals surface area contributed by atoms with Crippen molar-refractivity contribution in [3.05, 3.63) is 72.3 Å². The van der Waals surface area contributed by atoms with Crippen LogP contribution in [-0.2, 0) is 19.2 Å². The smallest absolute Gasteiger partial charge is 0.269 e. The van der Waals surface area contributed by atoms with Crippen LogP contribution in [0.5, 0.6) is 0 Å². The van der Waals surface area contributed by atoms with Gasteiger partial charge in [-0.05, 0) is 29.0 Å². The molecule has 2 amide bonds. The van der Waals surface area contributed by atoms with Crippen molar-refractivity contribution in [3.63, 3.8) is 0 Å². The Kier molecular flexibility index (Phi) is 4.71. The van der Waals surface area contributed by atoms with E-state index in [2.05, 4.69) is 11.0 Å². The molecule has 6 rings (SSSR count). The van der Waals surface area contributed by atoms with Crippen LogP contribution in [-0.4, -0.2) is 55.4 Å². The van der Waals surface area contributed by atoms with E-state index in [1.54, 1.807) is 4.90 Å². The lowest BCUT2D eigenvalue weighted by atomic mass is 10.0. The highest BCUT2D eigenvalue weighted by molar-refractivity contribution is 8.02. The maximum Gasteiger partial charge on any atom is 0.269 e. The molecule has 162 valence electrons. The molecule has 3 aromatic rings. The van der Waals surface area contributed by atoms with Gasteiger partial charge in [-0.2, -0.15) is 0 Å². The van der Waals surface area contributed by atoms with E-state index in [1.807, 2.05) is 65.6 Å².